The smallest absolute Gasteiger partial charge is 0.260 e. The average Bonchev–Trinajstić information content (AvgIpc) is 3.21. The molecule has 29 heavy (non-hydrogen) atoms. The van der Waals surface area contributed by atoms with Crippen LogP contribution in [0.15, 0.2) is 53.3 Å². The molecule has 0 saturated carbocycles. The van der Waals surface area contributed by atoms with Crippen molar-refractivity contribution in [1.29, 1.82) is 0 Å². The second-order valence-corrected chi connectivity index (χ2v) is 7.36. The van der Waals surface area contributed by atoms with Gasteiger partial charge in [-0.15, -0.1) is 0 Å². The molecule has 4 rings (SSSR count). The first-order valence-electron chi connectivity index (χ1n) is 9.88. The number of amides is 1. The average molecular weight is 392 g/mol. The van der Waals surface area contributed by atoms with Crippen LogP contribution >= 0.6 is 0 Å². The first-order chi connectivity index (χ1) is 14.2. The molecular formula is C22H24N4O3. The Kier molecular flexibility index (Phi) is 5.84. The second kappa shape index (κ2) is 8.86. The lowest BCUT2D eigenvalue weighted by molar-refractivity contribution is -0.135. The van der Waals surface area contributed by atoms with Crippen LogP contribution in [-0.4, -0.2) is 45.6 Å². The van der Waals surface area contributed by atoms with E-state index in [-0.39, 0.29) is 12.5 Å². The van der Waals surface area contributed by atoms with Crippen molar-refractivity contribution < 1.29 is 14.1 Å². The van der Waals surface area contributed by atoms with Gasteiger partial charge in [0.1, 0.15) is 5.75 Å². The number of carbonyl (C=O) groups is 1. The van der Waals surface area contributed by atoms with Crippen LogP contribution in [0.3, 0.4) is 0 Å². The minimum absolute atomic E-state index is 0.00955. The summed E-state index contributed by atoms with van der Waals surface area (Å²) < 4.78 is 11.0. The third-order valence-electron chi connectivity index (χ3n) is 5.19. The van der Waals surface area contributed by atoms with Crippen LogP contribution in [0, 0.1) is 12.8 Å². The summed E-state index contributed by atoms with van der Waals surface area (Å²) >= 11 is 0. The monoisotopic (exact) mass is 392 g/mol. The Morgan fingerprint density at radius 1 is 1.28 bits per heavy atom. The van der Waals surface area contributed by atoms with Crippen molar-refractivity contribution in [2.45, 2.75) is 26.2 Å². The molecule has 1 fully saturated rings. The number of ether oxygens (including phenoxy) is 1. The second-order valence-electron chi connectivity index (χ2n) is 7.36. The summed E-state index contributed by atoms with van der Waals surface area (Å²) in [7, 11) is 0. The Labute approximate surface area is 169 Å². The topological polar surface area (TPSA) is 81.4 Å². The number of pyridine rings is 1. The fourth-order valence-corrected chi connectivity index (χ4v) is 3.64. The lowest BCUT2D eigenvalue weighted by atomic mass is 9.94. The SMILES string of the molecule is Cc1ccccc1-c1noc(CC2CCCN(C(=O)COc3cccnc3)C2)n1. The molecule has 0 radical (unpaired) electrons. The zero-order valence-electron chi connectivity index (χ0n) is 16.5. The predicted molar refractivity (Wildman–Crippen MR) is 107 cm³/mol. The van der Waals surface area contributed by atoms with Gasteiger partial charge < -0.3 is 14.2 Å². The number of aryl methyl sites for hydroxylation is 1. The van der Waals surface area contributed by atoms with E-state index in [1.807, 2.05) is 36.1 Å². The maximum atomic E-state index is 12.5. The standard InChI is InChI=1S/C22H24N4O3/c1-16-6-2-3-9-19(16)22-24-20(29-25-22)12-17-7-5-11-26(14-17)21(27)15-28-18-8-4-10-23-13-18/h2-4,6,8-10,13,17H,5,7,11-12,14-15H2,1H3. The molecule has 7 nitrogen and oxygen atoms in total. The fraction of sp³-hybridized carbons (Fsp3) is 0.364. The fourth-order valence-electron chi connectivity index (χ4n) is 3.64. The zero-order chi connectivity index (χ0) is 20.1. The number of hydrogen-bond donors (Lipinski definition) is 0. The number of nitrogens with zero attached hydrogens (tertiary/aromatic N) is 4. The molecule has 0 bridgehead atoms. The van der Waals surface area contributed by atoms with E-state index in [0.717, 1.165) is 30.5 Å². The van der Waals surface area contributed by atoms with Crippen LogP contribution in [0.4, 0.5) is 0 Å². The van der Waals surface area contributed by atoms with Crippen molar-refractivity contribution in [3.8, 4) is 17.1 Å². The number of rotatable bonds is 6. The summed E-state index contributed by atoms with van der Waals surface area (Å²) in [5, 5.41) is 4.14. The van der Waals surface area contributed by atoms with E-state index in [9.17, 15) is 4.79 Å². The van der Waals surface area contributed by atoms with E-state index in [4.69, 9.17) is 9.26 Å². The van der Waals surface area contributed by atoms with Crippen LogP contribution in [0.5, 0.6) is 5.75 Å². The van der Waals surface area contributed by atoms with Crippen molar-refractivity contribution in [3.63, 3.8) is 0 Å². The summed E-state index contributed by atoms with van der Waals surface area (Å²) in [5.41, 5.74) is 2.10. The van der Waals surface area contributed by atoms with Gasteiger partial charge in [-0.05, 0) is 43.4 Å². The Balaban J connectivity index is 1.33. The van der Waals surface area contributed by atoms with Gasteiger partial charge >= 0.3 is 0 Å². The van der Waals surface area contributed by atoms with Gasteiger partial charge in [0, 0.05) is 31.3 Å². The lowest BCUT2D eigenvalue weighted by Crippen LogP contribution is -2.42. The summed E-state index contributed by atoms with van der Waals surface area (Å²) in [6.45, 7) is 3.49. The lowest BCUT2D eigenvalue weighted by Gasteiger charge is -2.32. The Morgan fingerprint density at radius 2 is 2.17 bits per heavy atom. The first-order valence-corrected chi connectivity index (χ1v) is 9.88. The van der Waals surface area contributed by atoms with Crippen LogP contribution in [0.1, 0.15) is 24.3 Å². The van der Waals surface area contributed by atoms with Crippen molar-refractivity contribution in [1.82, 2.24) is 20.0 Å². The highest BCUT2D eigenvalue weighted by Crippen LogP contribution is 2.24. The summed E-state index contributed by atoms with van der Waals surface area (Å²) in [4.78, 5) is 22.9. The molecule has 0 aliphatic carbocycles. The summed E-state index contributed by atoms with van der Waals surface area (Å²) in [5.74, 6) is 2.13. The van der Waals surface area contributed by atoms with Crippen molar-refractivity contribution >= 4 is 5.91 Å². The van der Waals surface area contributed by atoms with Gasteiger partial charge in [-0.1, -0.05) is 29.4 Å². The molecule has 0 N–H and O–H groups in total. The number of benzene rings is 1. The molecule has 3 aromatic rings. The van der Waals surface area contributed by atoms with Gasteiger partial charge in [-0.2, -0.15) is 4.98 Å². The van der Waals surface area contributed by atoms with Crippen molar-refractivity contribution in [2.75, 3.05) is 19.7 Å². The number of carbonyl (C=O) groups excluding carboxylic acids is 1. The molecule has 150 valence electrons. The number of hydrogen-bond acceptors (Lipinski definition) is 6. The minimum atomic E-state index is -0.00955. The Bertz CT molecular complexity index is 957. The minimum Gasteiger partial charge on any atom is -0.482 e. The molecule has 1 aromatic carbocycles. The van der Waals surface area contributed by atoms with Gasteiger partial charge in [0.05, 0.1) is 6.20 Å². The highest BCUT2D eigenvalue weighted by Gasteiger charge is 2.26. The van der Waals surface area contributed by atoms with Crippen LogP contribution in [0.2, 0.25) is 0 Å². The van der Waals surface area contributed by atoms with Gasteiger partial charge in [-0.25, -0.2) is 0 Å². The first kappa shape index (κ1) is 19.1. The molecule has 1 aliphatic heterocycles. The van der Waals surface area contributed by atoms with Gasteiger partial charge in [-0.3, -0.25) is 9.78 Å². The highest BCUT2D eigenvalue weighted by atomic mass is 16.5. The van der Waals surface area contributed by atoms with Crippen LogP contribution in [0.25, 0.3) is 11.4 Å². The molecule has 0 spiro atoms. The molecule has 1 unspecified atom stereocenters. The van der Waals surface area contributed by atoms with E-state index < -0.39 is 0 Å². The maximum Gasteiger partial charge on any atom is 0.260 e. The Hall–Kier alpha value is -3.22. The van der Waals surface area contributed by atoms with E-state index in [0.29, 0.717) is 36.3 Å². The van der Waals surface area contributed by atoms with Crippen molar-refractivity contribution in [3.05, 3.63) is 60.2 Å². The van der Waals surface area contributed by atoms with E-state index in [1.165, 1.54) is 0 Å². The molecule has 1 atom stereocenters. The van der Waals surface area contributed by atoms with Gasteiger partial charge in [0.25, 0.3) is 5.91 Å². The largest absolute Gasteiger partial charge is 0.482 e. The van der Waals surface area contributed by atoms with E-state index in [1.54, 1.807) is 24.5 Å². The molecule has 2 aromatic heterocycles. The summed E-state index contributed by atoms with van der Waals surface area (Å²) in [6, 6.07) is 11.6. The molecule has 3 heterocycles. The highest BCUT2D eigenvalue weighted by molar-refractivity contribution is 5.77. The molecular weight excluding hydrogens is 368 g/mol. The van der Waals surface area contributed by atoms with Gasteiger partial charge in [0.2, 0.25) is 11.7 Å². The predicted octanol–water partition coefficient (Wildman–Crippen LogP) is 3.30. The number of likely N-dealkylation sites (tertiary alicyclic amines) is 1. The quantitative estimate of drug-likeness (QED) is 0.640. The van der Waals surface area contributed by atoms with E-state index in [2.05, 4.69) is 15.1 Å². The molecule has 7 heteroatoms. The Morgan fingerprint density at radius 3 is 3.00 bits per heavy atom. The number of piperidine rings is 1. The third-order valence-corrected chi connectivity index (χ3v) is 5.19. The van der Waals surface area contributed by atoms with Crippen molar-refractivity contribution in [2.24, 2.45) is 5.92 Å². The number of aromatic nitrogens is 3. The molecule has 1 saturated heterocycles. The van der Waals surface area contributed by atoms with Gasteiger partial charge in [0.15, 0.2) is 6.61 Å². The normalized spacial score (nSPS) is 16.6. The molecule has 1 aliphatic rings. The molecule has 1 amide bonds. The van der Waals surface area contributed by atoms with E-state index >= 15 is 0 Å². The maximum absolute atomic E-state index is 12.5. The summed E-state index contributed by atoms with van der Waals surface area (Å²) in [6.07, 6.45) is 5.95. The van der Waals surface area contributed by atoms with Crippen LogP contribution < -0.4 is 4.74 Å². The van der Waals surface area contributed by atoms with Crippen LogP contribution in [-0.2, 0) is 11.2 Å². The zero-order valence-corrected chi connectivity index (χ0v) is 16.5. The third kappa shape index (κ3) is 4.80.